The molecule has 0 aliphatic carbocycles. The standard InChI is InChI=1S/C9H9ClN3/c10-9-2-1-8(5-12-9)6-13-4-3-11-7-13/h1-2,5H,3-4,6H2. The van der Waals surface area contributed by atoms with Gasteiger partial charge in [-0.2, -0.15) is 0 Å². The van der Waals surface area contributed by atoms with Gasteiger partial charge in [-0.3, -0.25) is 4.99 Å². The maximum atomic E-state index is 5.67. The summed E-state index contributed by atoms with van der Waals surface area (Å²) in [5.41, 5.74) is 1.13. The van der Waals surface area contributed by atoms with Gasteiger partial charge in [0.1, 0.15) is 5.15 Å². The lowest BCUT2D eigenvalue weighted by atomic mass is 10.3. The normalized spacial score (nSPS) is 15.3. The van der Waals surface area contributed by atoms with Crippen LogP contribution in [0.3, 0.4) is 0 Å². The van der Waals surface area contributed by atoms with Crippen molar-refractivity contribution in [3.8, 4) is 0 Å². The third kappa shape index (κ3) is 2.18. The highest BCUT2D eigenvalue weighted by Crippen LogP contribution is 2.08. The summed E-state index contributed by atoms with van der Waals surface area (Å²) in [6.07, 6.45) is 4.70. The number of halogens is 1. The smallest absolute Gasteiger partial charge is 0.167 e. The molecule has 0 bridgehead atoms. The van der Waals surface area contributed by atoms with Crippen LogP contribution in [0.2, 0.25) is 5.15 Å². The summed E-state index contributed by atoms with van der Waals surface area (Å²) < 4.78 is 0. The van der Waals surface area contributed by atoms with Crippen LogP contribution in [0.5, 0.6) is 0 Å². The van der Waals surface area contributed by atoms with E-state index in [1.807, 2.05) is 11.0 Å². The van der Waals surface area contributed by atoms with Crippen molar-refractivity contribution in [3.63, 3.8) is 0 Å². The number of pyridine rings is 1. The Morgan fingerprint density at radius 2 is 2.46 bits per heavy atom. The minimum Gasteiger partial charge on any atom is -0.348 e. The first-order valence-corrected chi connectivity index (χ1v) is 4.50. The van der Waals surface area contributed by atoms with E-state index in [4.69, 9.17) is 11.6 Å². The maximum absolute atomic E-state index is 5.67. The number of hydrogen-bond acceptors (Lipinski definition) is 3. The third-order valence-electron chi connectivity index (χ3n) is 1.86. The lowest BCUT2D eigenvalue weighted by Crippen LogP contribution is -2.18. The molecule has 1 aromatic rings. The van der Waals surface area contributed by atoms with Crippen molar-refractivity contribution in [2.45, 2.75) is 6.54 Å². The maximum Gasteiger partial charge on any atom is 0.167 e. The molecule has 2 heterocycles. The third-order valence-corrected chi connectivity index (χ3v) is 2.08. The predicted molar refractivity (Wildman–Crippen MR) is 52.0 cm³/mol. The highest BCUT2D eigenvalue weighted by Gasteiger charge is 2.06. The van der Waals surface area contributed by atoms with Crippen molar-refractivity contribution in [3.05, 3.63) is 29.0 Å². The average molecular weight is 195 g/mol. The topological polar surface area (TPSA) is 28.5 Å². The molecule has 13 heavy (non-hydrogen) atoms. The monoisotopic (exact) mass is 194 g/mol. The van der Waals surface area contributed by atoms with Crippen molar-refractivity contribution in [1.29, 1.82) is 0 Å². The molecule has 3 nitrogen and oxygen atoms in total. The molecule has 0 aromatic carbocycles. The minimum absolute atomic E-state index is 0.530. The summed E-state index contributed by atoms with van der Waals surface area (Å²) in [5.74, 6) is 0. The van der Waals surface area contributed by atoms with Crippen molar-refractivity contribution in [1.82, 2.24) is 9.88 Å². The first-order valence-electron chi connectivity index (χ1n) is 4.12. The summed E-state index contributed by atoms with van der Waals surface area (Å²) in [7, 11) is 0. The van der Waals surface area contributed by atoms with Crippen LogP contribution in [0.4, 0.5) is 0 Å². The molecule has 0 saturated carbocycles. The molecular weight excluding hydrogens is 186 g/mol. The molecule has 1 aliphatic rings. The van der Waals surface area contributed by atoms with Gasteiger partial charge < -0.3 is 4.90 Å². The second-order valence-corrected chi connectivity index (χ2v) is 3.28. The van der Waals surface area contributed by atoms with Gasteiger partial charge in [0.2, 0.25) is 0 Å². The van der Waals surface area contributed by atoms with E-state index in [2.05, 4.69) is 16.3 Å². The number of aliphatic imine (C=N–C) groups is 1. The van der Waals surface area contributed by atoms with Gasteiger partial charge >= 0.3 is 0 Å². The Labute approximate surface area is 82.1 Å². The lowest BCUT2D eigenvalue weighted by molar-refractivity contribution is 0.462. The van der Waals surface area contributed by atoms with Gasteiger partial charge in [0, 0.05) is 19.3 Å². The Morgan fingerprint density at radius 3 is 3.08 bits per heavy atom. The van der Waals surface area contributed by atoms with Gasteiger partial charge in [0.05, 0.1) is 6.54 Å². The number of rotatable bonds is 2. The number of hydrogen-bond donors (Lipinski definition) is 0. The summed E-state index contributed by atoms with van der Waals surface area (Å²) >= 11 is 5.67. The molecule has 0 unspecified atom stereocenters. The first-order chi connectivity index (χ1) is 6.34. The Balaban J connectivity index is 2.01. The van der Waals surface area contributed by atoms with Crippen LogP contribution >= 0.6 is 11.6 Å². The van der Waals surface area contributed by atoms with E-state index in [1.54, 1.807) is 12.3 Å². The van der Waals surface area contributed by atoms with Crippen LogP contribution in [0.25, 0.3) is 0 Å². The second-order valence-electron chi connectivity index (χ2n) is 2.89. The summed E-state index contributed by atoms with van der Waals surface area (Å²) in [4.78, 5) is 10.0. The average Bonchev–Trinajstić information content (AvgIpc) is 2.62. The molecule has 4 heteroatoms. The van der Waals surface area contributed by atoms with Gasteiger partial charge in [0.25, 0.3) is 0 Å². The van der Waals surface area contributed by atoms with Gasteiger partial charge in [-0.25, -0.2) is 4.98 Å². The van der Waals surface area contributed by atoms with Gasteiger partial charge in [-0.15, -0.1) is 0 Å². The van der Waals surface area contributed by atoms with E-state index >= 15 is 0 Å². The van der Waals surface area contributed by atoms with Crippen molar-refractivity contribution < 1.29 is 0 Å². The molecule has 1 radical (unpaired) electrons. The number of nitrogens with zero attached hydrogens (tertiary/aromatic N) is 3. The lowest BCUT2D eigenvalue weighted by Gasteiger charge is -2.11. The van der Waals surface area contributed by atoms with E-state index in [0.717, 1.165) is 25.2 Å². The van der Waals surface area contributed by atoms with Crippen LogP contribution in [0.1, 0.15) is 5.56 Å². The molecule has 0 amide bonds. The van der Waals surface area contributed by atoms with Crippen LogP contribution in [0, 0.1) is 0 Å². The van der Waals surface area contributed by atoms with E-state index in [0.29, 0.717) is 5.15 Å². The fraction of sp³-hybridized carbons (Fsp3) is 0.333. The summed E-state index contributed by atoms with van der Waals surface area (Å²) in [6, 6.07) is 3.76. The molecule has 0 atom stereocenters. The zero-order valence-corrected chi connectivity index (χ0v) is 7.83. The molecule has 2 rings (SSSR count). The van der Waals surface area contributed by atoms with E-state index in [-0.39, 0.29) is 0 Å². The SMILES string of the molecule is Clc1ccc(CN2[C]=NCC2)cn1. The van der Waals surface area contributed by atoms with Crippen LogP contribution in [-0.2, 0) is 6.54 Å². The Kier molecular flexibility index (Phi) is 2.45. The molecule has 0 fully saturated rings. The number of aromatic nitrogens is 1. The first kappa shape index (κ1) is 8.51. The van der Waals surface area contributed by atoms with E-state index in [9.17, 15) is 0 Å². The van der Waals surface area contributed by atoms with Crippen molar-refractivity contribution in [2.24, 2.45) is 4.99 Å². The van der Waals surface area contributed by atoms with Crippen LogP contribution in [-0.4, -0.2) is 29.3 Å². The zero-order chi connectivity index (χ0) is 9.10. The minimum atomic E-state index is 0.530. The van der Waals surface area contributed by atoms with Gasteiger partial charge in [0.15, 0.2) is 6.34 Å². The zero-order valence-electron chi connectivity index (χ0n) is 7.07. The van der Waals surface area contributed by atoms with Crippen LogP contribution < -0.4 is 0 Å². The van der Waals surface area contributed by atoms with Gasteiger partial charge in [-0.1, -0.05) is 17.7 Å². The predicted octanol–water partition coefficient (Wildman–Crippen LogP) is 1.46. The second kappa shape index (κ2) is 3.75. The van der Waals surface area contributed by atoms with Crippen LogP contribution in [0.15, 0.2) is 23.3 Å². The molecular formula is C9H9ClN3. The molecule has 1 aliphatic heterocycles. The van der Waals surface area contributed by atoms with E-state index in [1.165, 1.54) is 0 Å². The summed E-state index contributed by atoms with van der Waals surface area (Å²) in [5, 5.41) is 0.530. The van der Waals surface area contributed by atoms with Gasteiger partial charge in [-0.05, 0) is 11.6 Å². The van der Waals surface area contributed by atoms with E-state index < -0.39 is 0 Å². The quantitative estimate of drug-likeness (QED) is 0.667. The molecule has 0 saturated heterocycles. The van der Waals surface area contributed by atoms with Crippen molar-refractivity contribution >= 4 is 17.9 Å². The molecule has 0 spiro atoms. The Morgan fingerprint density at radius 1 is 1.54 bits per heavy atom. The van der Waals surface area contributed by atoms with Crippen molar-refractivity contribution in [2.75, 3.05) is 13.1 Å². The summed E-state index contributed by atoms with van der Waals surface area (Å²) in [6.45, 7) is 2.61. The highest BCUT2D eigenvalue weighted by molar-refractivity contribution is 6.29. The Hall–Kier alpha value is -1.09. The largest absolute Gasteiger partial charge is 0.348 e. The fourth-order valence-electron chi connectivity index (χ4n) is 1.21. The molecule has 1 aromatic heterocycles. The Bertz CT molecular complexity index is 307. The highest BCUT2D eigenvalue weighted by atomic mass is 35.5. The fourth-order valence-corrected chi connectivity index (χ4v) is 1.32. The molecule has 67 valence electrons. The molecule has 0 N–H and O–H groups in total.